The van der Waals surface area contributed by atoms with Gasteiger partial charge in [-0.05, 0) is 62.1 Å². The zero-order chi connectivity index (χ0) is 20.9. The van der Waals surface area contributed by atoms with Crippen molar-refractivity contribution in [2.45, 2.75) is 39.0 Å². The van der Waals surface area contributed by atoms with Gasteiger partial charge in [0.15, 0.2) is 0 Å². The first-order valence-electron chi connectivity index (χ1n) is 9.28. The maximum atomic E-state index is 12.8. The molecule has 6 nitrogen and oxygen atoms in total. The van der Waals surface area contributed by atoms with Crippen LogP contribution in [0, 0.1) is 13.8 Å². The van der Waals surface area contributed by atoms with Gasteiger partial charge in [0, 0.05) is 12.7 Å². The predicted molar refractivity (Wildman–Crippen MR) is 111 cm³/mol. The molecule has 1 amide bonds. The van der Waals surface area contributed by atoms with Crippen molar-refractivity contribution in [1.82, 2.24) is 4.31 Å². The molecule has 152 valence electrons. The molecule has 2 rings (SSSR count). The molecule has 0 aromatic heterocycles. The van der Waals surface area contributed by atoms with E-state index in [1.807, 2.05) is 39.0 Å². The number of anilines is 1. The van der Waals surface area contributed by atoms with Gasteiger partial charge in [-0.25, -0.2) is 8.42 Å². The first-order chi connectivity index (χ1) is 13.2. The van der Waals surface area contributed by atoms with E-state index in [2.05, 4.69) is 5.32 Å². The number of carbonyl (C=O) groups excluding carboxylic acids is 1. The summed E-state index contributed by atoms with van der Waals surface area (Å²) >= 11 is 0. The van der Waals surface area contributed by atoms with Gasteiger partial charge in [-0.3, -0.25) is 4.79 Å². The molecule has 0 bridgehead atoms. The summed E-state index contributed by atoms with van der Waals surface area (Å²) in [4.78, 5) is 12.6. The summed E-state index contributed by atoms with van der Waals surface area (Å²) in [5.41, 5.74) is 3.44. The Morgan fingerprint density at radius 2 is 1.82 bits per heavy atom. The fourth-order valence-corrected chi connectivity index (χ4v) is 4.16. The number of likely N-dealkylation sites (N-methyl/N-ethyl adjacent to an activating group) is 1. The van der Waals surface area contributed by atoms with E-state index in [1.165, 1.54) is 13.1 Å². The maximum absolute atomic E-state index is 12.8. The molecule has 0 unspecified atom stereocenters. The molecular formula is C21H28N2O4S. The van der Waals surface area contributed by atoms with Crippen LogP contribution in [0.4, 0.5) is 5.69 Å². The molecule has 0 radical (unpaired) electrons. The number of carbonyl (C=O) groups is 1. The average Bonchev–Trinajstić information content (AvgIpc) is 2.65. The highest BCUT2D eigenvalue weighted by Crippen LogP contribution is 2.24. The van der Waals surface area contributed by atoms with Gasteiger partial charge in [0.25, 0.3) is 0 Å². The normalized spacial score (nSPS) is 11.5. The number of benzene rings is 2. The average molecular weight is 405 g/mol. The Morgan fingerprint density at radius 1 is 1.11 bits per heavy atom. The van der Waals surface area contributed by atoms with Crippen LogP contribution in [0.1, 0.15) is 30.5 Å². The highest BCUT2D eigenvalue weighted by molar-refractivity contribution is 7.89. The third-order valence-electron chi connectivity index (χ3n) is 4.53. The summed E-state index contributed by atoms with van der Waals surface area (Å²) in [6, 6.07) is 10.5. The number of rotatable bonds is 8. The topological polar surface area (TPSA) is 75.7 Å². The first-order valence-corrected chi connectivity index (χ1v) is 10.7. The lowest BCUT2D eigenvalue weighted by atomic mass is 10.1. The van der Waals surface area contributed by atoms with Crippen molar-refractivity contribution in [2.75, 3.05) is 25.5 Å². The Labute approximate surface area is 167 Å². The van der Waals surface area contributed by atoms with Gasteiger partial charge in [-0.2, -0.15) is 4.31 Å². The van der Waals surface area contributed by atoms with Gasteiger partial charge in [-0.15, -0.1) is 0 Å². The molecule has 0 saturated carbocycles. The molecule has 2 aromatic rings. The van der Waals surface area contributed by atoms with E-state index in [-0.39, 0.29) is 17.3 Å². The van der Waals surface area contributed by atoms with Gasteiger partial charge in [0.05, 0.1) is 18.0 Å². The smallest absolute Gasteiger partial charge is 0.243 e. The molecule has 7 heteroatoms. The van der Waals surface area contributed by atoms with Crippen molar-refractivity contribution in [3.05, 3.63) is 53.1 Å². The summed E-state index contributed by atoms with van der Waals surface area (Å²) in [7, 11) is -2.39. The van der Waals surface area contributed by atoms with Gasteiger partial charge in [-0.1, -0.05) is 25.1 Å². The Bertz CT molecular complexity index is 955. The molecule has 0 heterocycles. The molecule has 0 fully saturated rings. The van der Waals surface area contributed by atoms with Crippen LogP contribution < -0.4 is 10.1 Å². The van der Waals surface area contributed by atoms with Crippen molar-refractivity contribution in [3.8, 4) is 5.75 Å². The maximum Gasteiger partial charge on any atom is 0.243 e. The lowest BCUT2D eigenvalue weighted by molar-refractivity contribution is -0.116. The van der Waals surface area contributed by atoms with Crippen molar-refractivity contribution in [2.24, 2.45) is 0 Å². The third-order valence-corrected chi connectivity index (χ3v) is 6.32. The molecule has 1 N–H and O–H groups in total. The second-order valence-corrected chi connectivity index (χ2v) is 8.68. The van der Waals surface area contributed by atoms with E-state index in [4.69, 9.17) is 4.74 Å². The van der Waals surface area contributed by atoms with Gasteiger partial charge < -0.3 is 10.1 Å². The number of ether oxygens (including phenoxy) is 1. The van der Waals surface area contributed by atoms with Crippen LogP contribution in [0.25, 0.3) is 0 Å². The van der Waals surface area contributed by atoms with Crippen LogP contribution >= 0.6 is 0 Å². The Balaban J connectivity index is 2.16. The molecule has 0 aliphatic carbocycles. The second-order valence-electron chi connectivity index (χ2n) is 6.63. The lowest BCUT2D eigenvalue weighted by Gasteiger charge is -2.19. The van der Waals surface area contributed by atoms with Gasteiger partial charge in [0.1, 0.15) is 5.75 Å². The van der Waals surface area contributed by atoms with Crippen LogP contribution in [0.15, 0.2) is 41.3 Å². The lowest BCUT2D eigenvalue weighted by Crippen LogP contribution is -2.35. The van der Waals surface area contributed by atoms with E-state index >= 15 is 0 Å². The molecule has 28 heavy (non-hydrogen) atoms. The van der Waals surface area contributed by atoms with E-state index in [9.17, 15) is 13.2 Å². The molecule has 0 aliphatic heterocycles. The first kappa shape index (κ1) is 21.9. The van der Waals surface area contributed by atoms with Crippen LogP contribution in [0.5, 0.6) is 5.75 Å². The third kappa shape index (κ3) is 4.91. The zero-order valence-electron chi connectivity index (χ0n) is 17.1. The Hall–Kier alpha value is -2.38. The van der Waals surface area contributed by atoms with Crippen LogP contribution in [0.3, 0.4) is 0 Å². The van der Waals surface area contributed by atoms with E-state index in [1.54, 1.807) is 19.1 Å². The summed E-state index contributed by atoms with van der Waals surface area (Å²) < 4.78 is 32.2. The number of nitrogens with zero attached hydrogens (tertiary/aromatic N) is 1. The highest BCUT2D eigenvalue weighted by atomic mass is 32.2. The quantitative estimate of drug-likeness (QED) is 0.730. The zero-order valence-corrected chi connectivity index (χ0v) is 17.9. The van der Waals surface area contributed by atoms with Crippen molar-refractivity contribution < 1.29 is 17.9 Å². The Morgan fingerprint density at radius 3 is 2.43 bits per heavy atom. The fourth-order valence-electron chi connectivity index (χ4n) is 2.95. The summed E-state index contributed by atoms with van der Waals surface area (Å²) in [6.45, 7) is 7.82. The number of sulfonamides is 1. The van der Waals surface area contributed by atoms with E-state index in [0.29, 0.717) is 12.4 Å². The van der Waals surface area contributed by atoms with Crippen LogP contribution in [-0.2, 0) is 21.2 Å². The van der Waals surface area contributed by atoms with Gasteiger partial charge >= 0.3 is 0 Å². The predicted octanol–water partition coefficient (Wildman–Crippen LogP) is 3.52. The minimum absolute atomic E-state index is 0.133. The minimum atomic E-state index is -3.79. The monoisotopic (exact) mass is 404 g/mol. The number of aryl methyl sites for hydroxylation is 3. The van der Waals surface area contributed by atoms with E-state index in [0.717, 1.165) is 33.1 Å². The molecule has 0 saturated heterocycles. The van der Waals surface area contributed by atoms with Crippen molar-refractivity contribution in [1.29, 1.82) is 0 Å². The number of hydrogen-bond acceptors (Lipinski definition) is 4. The number of para-hydroxylation sites is 1. The van der Waals surface area contributed by atoms with Crippen molar-refractivity contribution in [3.63, 3.8) is 0 Å². The molecule has 0 atom stereocenters. The van der Waals surface area contributed by atoms with Crippen molar-refractivity contribution >= 4 is 21.6 Å². The summed E-state index contributed by atoms with van der Waals surface area (Å²) in [6.07, 6.45) is 0.775. The largest absolute Gasteiger partial charge is 0.494 e. The fraction of sp³-hybridized carbons (Fsp3) is 0.381. The summed E-state index contributed by atoms with van der Waals surface area (Å²) in [5.74, 6) is 0.270. The van der Waals surface area contributed by atoms with Crippen LogP contribution in [0.2, 0.25) is 0 Å². The van der Waals surface area contributed by atoms with Gasteiger partial charge in [0.2, 0.25) is 15.9 Å². The molecule has 0 aliphatic rings. The molecule has 0 spiro atoms. The number of amides is 1. The second kappa shape index (κ2) is 9.21. The summed E-state index contributed by atoms with van der Waals surface area (Å²) in [5, 5.41) is 2.86. The SMILES string of the molecule is CCOc1ccc(S(=O)(=O)N(C)CC(=O)Nc2c(C)cccc2CC)cc1C. The highest BCUT2D eigenvalue weighted by Gasteiger charge is 2.24. The number of hydrogen-bond donors (Lipinski definition) is 1. The molecule has 2 aromatic carbocycles. The standard InChI is InChI=1S/C21H28N2O4S/c1-6-17-10-8-9-15(3)21(17)22-20(24)14-23(5)28(25,26)18-11-12-19(27-7-2)16(4)13-18/h8-13H,6-7,14H2,1-5H3,(H,22,24). The van der Waals surface area contributed by atoms with Crippen LogP contribution in [-0.4, -0.2) is 38.8 Å². The number of nitrogens with one attached hydrogen (secondary N) is 1. The Kier molecular flexibility index (Phi) is 7.21. The van der Waals surface area contributed by atoms with E-state index < -0.39 is 10.0 Å². The molecular weight excluding hydrogens is 376 g/mol. The minimum Gasteiger partial charge on any atom is -0.494 e.